The van der Waals surface area contributed by atoms with Crippen LogP contribution in [-0.2, 0) is 0 Å². The van der Waals surface area contributed by atoms with E-state index in [4.69, 9.17) is 0 Å². The Morgan fingerprint density at radius 3 is 2.00 bits per heavy atom. The van der Waals surface area contributed by atoms with Crippen molar-refractivity contribution in [2.45, 2.75) is 38.6 Å². The Kier molecular flexibility index (Phi) is 3.56. The molecular formula is C7H15FS. The van der Waals surface area contributed by atoms with Crippen LogP contribution in [0.5, 0.6) is 0 Å². The number of alkyl halides is 1. The first-order valence-electron chi connectivity index (χ1n) is 3.20. The molecule has 0 aromatic heterocycles. The van der Waals surface area contributed by atoms with Crippen molar-refractivity contribution >= 4 is 11.8 Å². The highest BCUT2D eigenvalue weighted by Crippen LogP contribution is 2.23. The van der Waals surface area contributed by atoms with Gasteiger partial charge in [0.05, 0.1) is 0 Å². The molecule has 2 heteroatoms. The van der Waals surface area contributed by atoms with Crippen molar-refractivity contribution in [2.75, 3.05) is 5.75 Å². The summed E-state index contributed by atoms with van der Waals surface area (Å²) in [7, 11) is 0. The first kappa shape index (κ1) is 9.28. The predicted octanol–water partition coefficient (Wildman–Crippen LogP) is 2.88. The van der Waals surface area contributed by atoms with Crippen LogP contribution < -0.4 is 0 Å². The van der Waals surface area contributed by atoms with Gasteiger partial charge >= 0.3 is 0 Å². The molecule has 0 saturated carbocycles. The van der Waals surface area contributed by atoms with E-state index in [-0.39, 0.29) is 4.75 Å². The van der Waals surface area contributed by atoms with Crippen molar-refractivity contribution in [1.82, 2.24) is 0 Å². The van der Waals surface area contributed by atoms with Crippen molar-refractivity contribution < 1.29 is 4.39 Å². The van der Waals surface area contributed by atoms with E-state index < -0.39 is 6.17 Å². The second-order valence-electron chi connectivity index (χ2n) is 3.20. The maximum Gasteiger partial charge on any atom is 0.106 e. The summed E-state index contributed by atoms with van der Waals surface area (Å²) in [6.45, 7) is 7.89. The van der Waals surface area contributed by atoms with Crippen molar-refractivity contribution in [3.05, 3.63) is 0 Å². The van der Waals surface area contributed by atoms with Gasteiger partial charge in [-0.05, 0) is 6.92 Å². The van der Waals surface area contributed by atoms with Gasteiger partial charge < -0.3 is 0 Å². The molecule has 0 rings (SSSR count). The Hall–Kier alpha value is 0.280. The second-order valence-corrected chi connectivity index (χ2v) is 5.05. The fraction of sp³-hybridized carbons (Fsp3) is 1.00. The molecule has 0 aromatic carbocycles. The van der Waals surface area contributed by atoms with Crippen LogP contribution in [0.4, 0.5) is 4.39 Å². The topological polar surface area (TPSA) is 0 Å². The molecule has 0 spiro atoms. The third-order valence-electron chi connectivity index (χ3n) is 0.746. The zero-order valence-electron chi connectivity index (χ0n) is 6.57. The first-order valence-corrected chi connectivity index (χ1v) is 4.18. The number of rotatable bonds is 2. The van der Waals surface area contributed by atoms with E-state index in [0.717, 1.165) is 0 Å². The molecule has 0 saturated heterocycles. The van der Waals surface area contributed by atoms with E-state index in [0.29, 0.717) is 5.75 Å². The quantitative estimate of drug-likeness (QED) is 0.583. The predicted molar refractivity (Wildman–Crippen MR) is 42.8 cm³/mol. The minimum atomic E-state index is -0.672. The van der Waals surface area contributed by atoms with E-state index in [9.17, 15) is 4.39 Å². The highest BCUT2D eigenvalue weighted by Gasteiger charge is 2.11. The van der Waals surface area contributed by atoms with Crippen LogP contribution in [0, 0.1) is 0 Å². The Morgan fingerprint density at radius 1 is 1.44 bits per heavy atom. The van der Waals surface area contributed by atoms with Crippen LogP contribution in [0.2, 0.25) is 0 Å². The van der Waals surface area contributed by atoms with Crippen molar-refractivity contribution in [3.63, 3.8) is 0 Å². The first-order chi connectivity index (χ1) is 3.92. The van der Waals surface area contributed by atoms with Gasteiger partial charge in [0, 0.05) is 10.5 Å². The number of halogens is 1. The zero-order chi connectivity index (χ0) is 7.49. The molecule has 0 fully saturated rings. The average molecular weight is 150 g/mol. The molecule has 56 valence electrons. The summed E-state index contributed by atoms with van der Waals surface area (Å²) in [5, 5.41) is 0. The van der Waals surface area contributed by atoms with Gasteiger partial charge in [0.15, 0.2) is 0 Å². The van der Waals surface area contributed by atoms with Crippen molar-refractivity contribution in [1.29, 1.82) is 0 Å². The van der Waals surface area contributed by atoms with Gasteiger partial charge in [0.25, 0.3) is 0 Å². The summed E-state index contributed by atoms with van der Waals surface area (Å²) in [6.07, 6.45) is -0.672. The monoisotopic (exact) mass is 150 g/mol. The fourth-order valence-electron chi connectivity index (χ4n) is 0.365. The molecule has 0 bridgehead atoms. The van der Waals surface area contributed by atoms with E-state index in [1.807, 2.05) is 0 Å². The normalized spacial score (nSPS) is 15.7. The summed E-state index contributed by atoms with van der Waals surface area (Å²) in [6, 6.07) is 0. The lowest BCUT2D eigenvalue weighted by Gasteiger charge is -2.17. The van der Waals surface area contributed by atoms with E-state index in [2.05, 4.69) is 20.8 Å². The Morgan fingerprint density at radius 2 is 1.89 bits per heavy atom. The molecule has 0 N–H and O–H groups in total. The van der Waals surface area contributed by atoms with E-state index in [1.54, 1.807) is 18.7 Å². The van der Waals surface area contributed by atoms with Crippen LogP contribution in [0.15, 0.2) is 0 Å². The lowest BCUT2D eigenvalue weighted by atomic mass is 10.3. The molecule has 0 unspecified atom stereocenters. The minimum Gasteiger partial charge on any atom is -0.247 e. The molecule has 0 aliphatic carbocycles. The molecule has 0 aliphatic heterocycles. The third kappa shape index (κ3) is 8.28. The van der Waals surface area contributed by atoms with Gasteiger partial charge in [-0.25, -0.2) is 4.39 Å². The highest BCUT2D eigenvalue weighted by atomic mass is 32.2. The SMILES string of the molecule is C[C@@H](F)CSC(C)(C)C. The largest absolute Gasteiger partial charge is 0.247 e. The average Bonchev–Trinajstić information content (AvgIpc) is 1.59. The highest BCUT2D eigenvalue weighted by molar-refractivity contribution is 8.00. The minimum absolute atomic E-state index is 0.209. The number of hydrogen-bond donors (Lipinski definition) is 0. The molecule has 0 radical (unpaired) electrons. The fourth-order valence-corrected chi connectivity index (χ4v) is 1.09. The lowest BCUT2D eigenvalue weighted by molar-refractivity contribution is 0.397. The summed E-state index contributed by atoms with van der Waals surface area (Å²) >= 11 is 1.67. The number of thioether (sulfide) groups is 1. The van der Waals surface area contributed by atoms with E-state index in [1.165, 1.54) is 0 Å². The maximum atomic E-state index is 12.2. The standard InChI is InChI=1S/C7H15FS/c1-6(8)5-9-7(2,3)4/h6H,5H2,1-4H3/t6-/m1/s1. The van der Waals surface area contributed by atoms with Crippen LogP contribution in [0.1, 0.15) is 27.7 Å². The Balaban J connectivity index is 3.28. The van der Waals surface area contributed by atoms with Gasteiger partial charge in [-0.15, -0.1) is 0 Å². The summed E-state index contributed by atoms with van der Waals surface area (Å²) in [4.78, 5) is 0. The summed E-state index contributed by atoms with van der Waals surface area (Å²) in [5.74, 6) is 0.615. The third-order valence-corrected chi connectivity index (χ3v) is 2.24. The second kappa shape index (κ2) is 3.45. The molecule has 0 nitrogen and oxygen atoms in total. The van der Waals surface area contributed by atoms with Gasteiger partial charge in [0.2, 0.25) is 0 Å². The molecule has 0 amide bonds. The molecule has 0 aromatic rings. The van der Waals surface area contributed by atoms with Gasteiger partial charge in [-0.2, -0.15) is 11.8 Å². The van der Waals surface area contributed by atoms with Gasteiger partial charge in [0.1, 0.15) is 6.17 Å². The van der Waals surface area contributed by atoms with Crippen LogP contribution >= 0.6 is 11.8 Å². The smallest absolute Gasteiger partial charge is 0.106 e. The maximum absolute atomic E-state index is 12.2. The van der Waals surface area contributed by atoms with Gasteiger partial charge in [-0.3, -0.25) is 0 Å². The summed E-state index contributed by atoms with van der Waals surface area (Å²) in [5.41, 5.74) is 0. The van der Waals surface area contributed by atoms with Crippen LogP contribution in [0.25, 0.3) is 0 Å². The van der Waals surface area contributed by atoms with Gasteiger partial charge in [-0.1, -0.05) is 20.8 Å². The van der Waals surface area contributed by atoms with E-state index >= 15 is 0 Å². The molecule has 1 atom stereocenters. The molecule has 9 heavy (non-hydrogen) atoms. The Bertz CT molecular complexity index is 73.5. The lowest BCUT2D eigenvalue weighted by Crippen LogP contribution is -2.11. The molecule has 0 heterocycles. The van der Waals surface area contributed by atoms with Crippen LogP contribution in [-0.4, -0.2) is 16.7 Å². The number of hydrogen-bond acceptors (Lipinski definition) is 1. The molecule has 0 aliphatic rings. The Labute approximate surface area is 61.2 Å². The summed E-state index contributed by atoms with van der Waals surface area (Å²) < 4.78 is 12.4. The van der Waals surface area contributed by atoms with Crippen LogP contribution in [0.3, 0.4) is 0 Å². The molecular weight excluding hydrogens is 135 g/mol. The zero-order valence-corrected chi connectivity index (χ0v) is 7.39. The van der Waals surface area contributed by atoms with Crippen molar-refractivity contribution in [2.24, 2.45) is 0 Å². The van der Waals surface area contributed by atoms with Crippen molar-refractivity contribution in [3.8, 4) is 0 Å².